The van der Waals surface area contributed by atoms with Gasteiger partial charge in [-0.25, -0.2) is 4.79 Å². The topological polar surface area (TPSA) is 39.2 Å². The molecule has 0 aromatic carbocycles. The van der Waals surface area contributed by atoms with Crippen LogP contribution in [0.3, 0.4) is 0 Å². The number of pyridine rings is 1. The van der Waals surface area contributed by atoms with Crippen LogP contribution in [-0.2, 0) is 9.53 Å². The third-order valence-electron chi connectivity index (χ3n) is 4.41. The van der Waals surface area contributed by atoms with E-state index < -0.39 is 8.07 Å². The molecule has 122 valence electrons. The molecule has 0 N–H and O–H groups in total. The molecule has 0 radical (unpaired) electrons. The van der Waals surface area contributed by atoms with E-state index in [1.165, 1.54) is 5.32 Å². The molecule has 0 aliphatic heterocycles. The van der Waals surface area contributed by atoms with Crippen molar-refractivity contribution < 1.29 is 9.53 Å². The van der Waals surface area contributed by atoms with Crippen molar-refractivity contribution in [3.05, 3.63) is 36.5 Å². The molecular formula is C18H29NO2Si. The summed E-state index contributed by atoms with van der Waals surface area (Å²) in [7, 11) is -1.84. The number of esters is 1. The summed E-state index contributed by atoms with van der Waals surface area (Å²) in [6, 6.07) is 6.99. The third kappa shape index (κ3) is 5.09. The van der Waals surface area contributed by atoms with Gasteiger partial charge in [0.1, 0.15) is 8.07 Å². The van der Waals surface area contributed by atoms with Crippen LogP contribution in [0.5, 0.6) is 0 Å². The fourth-order valence-corrected chi connectivity index (χ4v) is 5.24. The zero-order valence-electron chi connectivity index (χ0n) is 14.6. The molecule has 3 nitrogen and oxygen atoms in total. The van der Waals surface area contributed by atoms with Crippen molar-refractivity contribution >= 4 is 19.4 Å². The molecule has 1 atom stereocenters. The van der Waals surface area contributed by atoms with Crippen LogP contribution in [0.15, 0.2) is 36.5 Å². The Labute approximate surface area is 135 Å². The molecule has 1 unspecified atom stereocenters. The maximum Gasteiger partial charge on any atom is 0.330 e. The van der Waals surface area contributed by atoms with E-state index >= 15 is 0 Å². The van der Waals surface area contributed by atoms with E-state index in [1.807, 2.05) is 24.4 Å². The zero-order valence-corrected chi connectivity index (χ0v) is 15.6. The Morgan fingerprint density at radius 3 is 2.64 bits per heavy atom. The summed E-state index contributed by atoms with van der Waals surface area (Å²) in [5.41, 5.74) is 0. The average molecular weight is 320 g/mol. The molecule has 1 rings (SSSR count). The number of allylic oxidation sites excluding steroid dienone is 1. The van der Waals surface area contributed by atoms with Crippen LogP contribution in [0.1, 0.15) is 40.5 Å². The second-order valence-corrected chi connectivity index (χ2v) is 12.0. The normalized spacial score (nSPS) is 14.8. The Morgan fingerprint density at radius 2 is 2.09 bits per heavy atom. The van der Waals surface area contributed by atoms with E-state index in [0.717, 1.165) is 18.9 Å². The predicted molar refractivity (Wildman–Crippen MR) is 95.0 cm³/mol. The molecule has 0 bridgehead atoms. The lowest BCUT2D eigenvalue weighted by atomic mass is 10.2. The fraction of sp³-hybridized carbons (Fsp3) is 0.556. The second kappa shape index (κ2) is 8.27. The van der Waals surface area contributed by atoms with E-state index in [2.05, 4.69) is 45.3 Å². The van der Waals surface area contributed by atoms with E-state index in [4.69, 9.17) is 4.74 Å². The van der Waals surface area contributed by atoms with Crippen LogP contribution in [0.2, 0.25) is 17.6 Å². The van der Waals surface area contributed by atoms with Crippen LogP contribution < -0.4 is 5.32 Å². The predicted octanol–water partition coefficient (Wildman–Crippen LogP) is 4.07. The molecule has 0 saturated carbocycles. The summed E-state index contributed by atoms with van der Waals surface area (Å²) >= 11 is 0. The second-order valence-electron chi connectivity index (χ2n) is 6.92. The molecule has 1 aromatic heterocycles. The summed E-state index contributed by atoms with van der Waals surface area (Å²) in [5, 5.41) is 1.35. The quantitative estimate of drug-likeness (QED) is 0.329. The van der Waals surface area contributed by atoms with Gasteiger partial charge in [0.2, 0.25) is 0 Å². The van der Waals surface area contributed by atoms with Crippen molar-refractivity contribution in [2.45, 2.75) is 58.2 Å². The van der Waals surface area contributed by atoms with E-state index in [0.29, 0.717) is 6.61 Å². The maximum atomic E-state index is 11.7. The molecular weight excluding hydrogens is 290 g/mol. The van der Waals surface area contributed by atoms with Crippen LogP contribution in [0.4, 0.5) is 0 Å². The van der Waals surface area contributed by atoms with Crippen LogP contribution >= 0.6 is 0 Å². The van der Waals surface area contributed by atoms with Gasteiger partial charge in [-0.05, 0) is 29.6 Å². The van der Waals surface area contributed by atoms with Gasteiger partial charge >= 0.3 is 5.97 Å². The number of unbranched alkanes of at least 4 members (excludes halogenated alkanes) is 1. The molecule has 4 heteroatoms. The number of carbonyl (C=O) groups excluding carboxylic acids is 1. The first-order valence-electron chi connectivity index (χ1n) is 8.06. The van der Waals surface area contributed by atoms with Crippen molar-refractivity contribution in [2.75, 3.05) is 6.61 Å². The van der Waals surface area contributed by atoms with Gasteiger partial charge in [-0.1, -0.05) is 52.8 Å². The first kappa shape index (κ1) is 18.6. The third-order valence-corrected chi connectivity index (χ3v) is 10.2. The van der Waals surface area contributed by atoms with Gasteiger partial charge in [0.05, 0.1) is 6.61 Å². The minimum Gasteiger partial charge on any atom is -0.463 e. The highest BCUT2D eigenvalue weighted by atomic mass is 28.3. The smallest absolute Gasteiger partial charge is 0.330 e. The Morgan fingerprint density at radius 1 is 1.36 bits per heavy atom. The van der Waals surface area contributed by atoms with Crippen LogP contribution in [-0.4, -0.2) is 25.6 Å². The molecule has 0 aliphatic carbocycles. The number of rotatable bonds is 7. The van der Waals surface area contributed by atoms with Gasteiger partial charge < -0.3 is 4.74 Å². The fourth-order valence-electron chi connectivity index (χ4n) is 2.24. The van der Waals surface area contributed by atoms with Gasteiger partial charge in [0.15, 0.2) is 0 Å². The van der Waals surface area contributed by atoms with E-state index in [9.17, 15) is 4.79 Å². The Bertz CT molecular complexity index is 494. The molecule has 0 fully saturated rings. The summed E-state index contributed by atoms with van der Waals surface area (Å²) in [5.74, 6) is -0.236. The number of hydrogen-bond donors (Lipinski definition) is 0. The molecule has 22 heavy (non-hydrogen) atoms. The van der Waals surface area contributed by atoms with Gasteiger partial charge in [0, 0.05) is 17.6 Å². The monoisotopic (exact) mass is 319 g/mol. The number of aromatic nitrogens is 1. The lowest BCUT2D eigenvalue weighted by Crippen LogP contribution is -2.53. The molecule has 0 aliphatic rings. The highest BCUT2D eigenvalue weighted by Crippen LogP contribution is 2.38. The van der Waals surface area contributed by atoms with Crippen LogP contribution in [0.25, 0.3) is 0 Å². The molecule has 0 saturated heterocycles. The first-order chi connectivity index (χ1) is 10.3. The minimum atomic E-state index is -1.84. The molecule has 1 aromatic rings. The van der Waals surface area contributed by atoms with Gasteiger partial charge in [-0.2, -0.15) is 0 Å². The van der Waals surface area contributed by atoms with Crippen molar-refractivity contribution in [1.82, 2.24) is 4.98 Å². The van der Waals surface area contributed by atoms with Gasteiger partial charge in [0.25, 0.3) is 0 Å². The maximum absolute atomic E-state index is 11.7. The molecule has 0 amide bonds. The standard InChI is InChI=1S/C18H29NO2Si/c1-6-7-14-21-17(20)12-10-15-22(5,18(2,3)4)16-11-8-9-13-19-16/h8-13H,6-7,14-15H2,1-5H3/b12-10+. The Kier molecular flexibility index (Phi) is 7.00. The van der Waals surface area contributed by atoms with Gasteiger partial charge in [-0.3, -0.25) is 4.98 Å². The van der Waals surface area contributed by atoms with Crippen LogP contribution in [0, 0.1) is 0 Å². The highest BCUT2D eigenvalue weighted by molar-refractivity contribution is 6.92. The number of nitrogens with zero attached hydrogens (tertiary/aromatic N) is 1. The summed E-state index contributed by atoms with van der Waals surface area (Å²) < 4.78 is 5.16. The van der Waals surface area contributed by atoms with E-state index in [-0.39, 0.29) is 11.0 Å². The van der Waals surface area contributed by atoms with Crippen molar-refractivity contribution in [2.24, 2.45) is 0 Å². The molecule has 0 spiro atoms. The van der Waals surface area contributed by atoms with Crippen molar-refractivity contribution in [1.29, 1.82) is 0 Å². The van der Waals surface area contributed by atoms with Crippen molar-refractivity contribution in [3.8, 4) is 0 Å². The van der Waals surface area contributed by atoms with E-state index in [1.54, 1.807) is 6.08 Å². The molecule has 1 heterocycles. The Balaban J connectivity index is 2.78. The summed E-state index contributed by atoms with van der Waals surface area (Å²) in [6.07, 6.45) is 7.36. The zero-order chi connectivity index (χ0) is 16.6. The summed E-state index contributed by atoms with van der Waals surface area (Å²) in [6.45, 7) is 11.7. The average Bonchev–Trinajstić information content (AvgIpc) is 2.47. The SMILES string of the molecule is CCCCOC(=O)/C=C/C[Si](C)(c1ccccn1)C(C)(C)C. The highest BCUT2D eigenvalue weighted by Gasteiger charge is 2.41. The number of carbonyl (C=O) groups is 1. The lowest BCUT2D eigenvalue weighted by molar-refractivity contribution is -0.137. The number of ether oxygens (including phenoxy) is 1. The lowest BCUT2D eigenvalue weighted by Gasteiger charge is -2.38. The van der Waals surface area contributed by atoms with Gasteiger partial charge in [-0.15, -0.1) is 0 Å². The van der Waals surface area contributed by atoms with Crippen molar-refractivity contribution in [3.63, 3.8) is 0 Å². The summed E-state index contributed by atoms with van der Waals surface area (Å²) in [4.78, 5) is 16.3. The number of hydrogen-bond acceptors (Lipinski definition) is 3. The Hall–Kier alpha value is -1.42. The first-order valence-corrected chi connectivity index (χ1v) is 10.8. The minimum absolute atomic E-state index is 0.164. The largest absolute Gasteiger partial charge is 0.463 e.